The standard InChI is InChI=1S/C11H12ClNO3S/c12-9-5-7(1-2-10(9)13)11(14)8-3-4-17(15,16)6-8/h1-2,5,8H,3-4,6,13H2. The lowest BCUT2D eigenvalue weighted by Crippen LogP contribution is -2.16. The minimum atomic E-state index is -3.05. The molecular formula is C11H12ClNO3S. The highest BCUT2D eigenvalue weighted by atomic mass is 35.5. The van der Waals surface area contributed by atoms with Crippen LogP contribution in [0.5, 0.6) is 0 Å². The molecule has 0 spiro atoms. The van der Waals surface area contributed by atoms with Gasteiger partial charge in [0.2, 0.25) is 0 Å². The summed E-state index contributed by atoms with van der Waals surface area (Å²) in [6, 6.07) is 4.62. The largest absolute Gasteiger partial charge is 0.398 e. The van der Waals surface area contributed by atoms with Gasteiger partial charge in [-0.05, 0) is 24.6 Å². The molecule has 0 saturated carbocycles. The number of carbonyl (C=O) groups excluding carboxylic acids is 1. The summed E-state index contributed by atoms with van der Waals surface area (Å²) < 4.78 is 22.6. The fourth-order valence-electron chi connectivity index (χ4n) is 1.92. The monoisotopic (exact) mass is 273 g/mol. The number of hydrogen-bond donors (Lipinski definition) is 1. The van der Waals surface area contributed by atoms with E-state index in [1.165, 1.54) is 6.07 Å². The smallest absolute Gasteiger partial charge is 0.167 e. The summed E-state index contributed by atoms with van der Waals surface area (Å²) >= 11 is 5.83. The average Bonchev–Trinajstić information content (AvgIpc) is 2.62. The van der Waals surface area contributed by atoms with Crippen LogP contribution < -0.4 is 5.73 Å². The van der Waals surface area contributed by atoms with Crippen LogP contribution in [0.2, 0.25) is 5.02 Å². The highest BCUT2D eigenvalue weighted by molar-refractivity contribution is 7.91. The van der Waals surface area contributed by atoms with E-state index < -0.39 is 15.8 Å². The van der Waals surface area contributed by atoms with Crippen LogP contribution in [0.1, 0.15) is 16.8 Å². The summed E-state index contributed by atoms with van der Waals surface area (Å²) in [4.78, 5) is 12.0. The molecule has 2 N–H and O–H groups in total. The molecule has 0 bridgehead atoms. The number of benzene rings is 1. The molecule has 0 aromatic heterocycles. The molecule has 4 nitrogen and oxygen atoms in total. The number of sulfone groups is 1. The lowest BCUT2D eigenvalue weighted by molar-refractivity contribution is 0.0933. The van der Waals surface area contributed by atoms with Crippen molar-refractivity contribution >= 4 is 32.9 Å². The van der Waals surface area contributed by atoms with E-state index in [2.05, 4.69) is 0 Å². The Morgan fingerprint density at radius 3 is 2.65 bits per heavy atom. The number of hydrogen-bond acceptors (Lipinski definition) is 4. The first-order valence-electron chi connectivity index (χ1n) is 5.19. The van der Waals surface area contributed by atoms with E-state index in [9.17, 15) is 13.2 Å². The Kier molecular flexibility index (Phi) is 3.14. The predicted molar refractivity (Wildman–Crippen MR) is 67.0 cm³/mol. The summed E-state index contributed by atoms with van der Waals surface area (Å²) in [6.45, 7) is 0. The van der Waals surface area contributed by atoms with Crippen LogP contribution in [0.3, 0.4) is 0 Å². The Morgan fingerprint density at radius 2 is 2.12 bits per heavy atom. The molecule has 1 unspecified atom stereocenters. The molecule has 1 aliphatic rings. The topological polar surface area (TPSA) is 77.2 Å². The van der Waals surface area contributed by atoms with Crippen molar-refractivity contribution in [3.8, 4) is 0 Å². The van der Waals surface area contributed by atoms with Gasteiger partial charge in [-0.15, -0.1) is 0 Å². The van der Waals surface area contributed by atoms with Crippen molar-refractivity contribution in [3.63, 3.8) is 0 Å². The molecule has 17 heavy (non-hydrogen) atoms. The molecule has 6 heteroatoms. The van der Waals surface area contributed by atoms with Crippen LogP contribution in [0.25, 0.3) is 0 Å². The van der Waals surface area contributed by atoms with E-state index in [4.69, 9.17) is 17.3 Å². The van der Waals surface area contributed by atoms with Crippen molar-refractivity contribution in [2.24, 2.45) is 5.92 Å². The van der Waals surface area contributed by atoms with E-state index in [-0.39, 0.29) is 17.3 Å². The van der Waals surface area contributed by atoms with Gasteiger partial charge >= 0.3 is 0 Å². The number of Topliss-reactive ketones (excluding diaryl/α,β-unsaturated/α-hetero) is 1. The predicted octanol–water partition coefficient (Wildman–Crippen LogP) is 1.54. The van der Waals surface area contributed by atoms with Crippen molar-refractivity contribution in [1.82, 2.24) is 0 Å². The third-order valence-corrected chi connectivity index (χ3v) is 4.98. The Labute approximate surface area is 105 Å². The number of halogens is 1. The van der Waals surface area contributed by atoms with Crippen LogP contribution in [-0.2, 0) is 9.84 Å². The van der Waals surface area contributed by atoms with Gasteiger partial charge < -0.3 is 5.73 Å². The second-order valence-corrected chi connectivity index (χ2v) is 6.84. The van der Waals surface area contributed by atoms with E-state index in [0.29, 0.717) is 22.7 Å². The number of nitrogen functional groups attached to an aromatic ring is 1. The Hall–Kier alpha value is -1.07. The normalized spacial score (nSPS) is 22.5. The maximum Gasteiger partial charge on any atom is 0.167 e. The number of carbonyl (C=O) groups is 1. The third-order valence-electron chi connectivity index (χ3n) is 2.89. The highest BCUT2D eigenvalue weighted by Gasteiger charge is 2.33. The fraction of sp³-hybridized carbons (Fsp3) is 0.364. The first kappa shape index (κ1) is 12.4. The van der Waals surface area contributed by atoms with E-state index in [0.717, 1.165) is 0 Å². The van der Waals surface area contributed by atoms with E-state index >= 15 is 0 Å². The lowest BCUT2D eigenvalue weighted by atomic mass is 9.97. The number of anilines is 1. The molecule has 1 fully saturated rings. The van der Waals surface area contributed by atoms with Crippen molar-refractivity contribution in [1.29, 1.82) is 0 Å². The van der Waals surface area contributed by atoms with Crippen LogP contribution in [0.15, 0.2) is 18.2 Å². The number of ketones is 1. The van der Waals surface area contributed by atoms with E-state index in [1.807, 2.05) is 0 Å². The second kappa shape index (κ2) is 4.31. The zero-order valence-corrected chi connectivity index (χ0v) is 10.6. The minimum absolute atomic E-state index is 0.0617. The Bertz CT molecular complexity index is 568. The van der Waals surface area contributed by atoms with E-state index in [1.54, 1.807) is 12.1 Å². The maximum absolute atomic E-state index is 12.0. The van der Waals surface area contributed by atoms with Gasteiger partial charge in [-0.2, -0.15) is 0 Å². The van der Waals surface area contributed by atoms with Crippen molar-refractivity contribution in [2.75, 3.05) is 17.2 Å². The van der Waals surface area contributed by atoms with Gasteiger partial charge in [0.05, 0.1) is 22.2 Å². The van der Waals surface area contributed by atoms with Gasteiger partial charge in [0, 0.05) is 11.5 Å². The molecule has 1 aromatic carbocycles. The second-order valence-electron chi connectivity index (χ2n) is 4.20. The van der Waals surface area contributed by atoms with Crippen LogP contribution >= 0.6 is 11.6 Å². The molecule has 0 radical (unpaired) electrons. The summed E-state index contributed by atoms with van der Waals surface area (Å²) in [5, 5.41) is 0.316. The van der Waals surface area contributed by atoms with Gasteiger partial charge in [-0.3, -0.25) is 4.79 Å². The fourth-order valence-corrected chi connectivity index (χ4v) is 3.84. The van der Waals surface area contributed by atoms with Gasteiger partial charge in [0.15, 0.2) is 15.6 Å². The molecular weight excluding hydrogens is 262 g/mol. The van der Waals surface area contributed by atoms with Crippen molar-refractivity contribution in [3.05, 3.63) is 28.8 Å². The molecule has 1 heterocycles. The summed E-state index contributed by atoms with van der Waals surface area (Å²) in [6.07, 6.45) is 0.392. The SMILES string of the molecule is Nc1ccc(C(=O)C2CCS(=O)(=O)C2)cc1Cl. The van der Waals surface area contributed by atoms with Gasteiger partial charge in [0.1, 0.15) is 0 Å². The average molecular weight is 274 g/mol. The molecule has 0 amide bonds. The molecule has 1 aromatic rings. The van der Waals surface area contributed by atoms with Crippen molar-refractivity contribution in [2.45, 2.75) is 6.42 Å². The molecule has 92 valence electrons. The first-order chi connectivity index (χ1) is 7.89. The van der Waals surface area contributed by atoms with Crippen LogP contribution in [0.4, 0.5) is 5.69 Å². The summed E-state index contributed by atoms with van der Waals surface area (Å²) in [5.74, 6) is -0.590. The zero-order valence-electron chi connectivity index (χ0n) is 9.02. The first-order valence-corrected chi connectivity index (χ1v) is 7.39. The van der Waals surface area contributed by atoms with Crippen LogP contribution in [-0.4, -0.2) is 25.7 Å². The minimum Gasteiger partial charge on any atom is -0.398 e. The van der Waals surface area contributed by atoms with Crippen molar-refractivity contribution < 1.29 is 13.2 Å². The summed E-state index contributed by atoms with van der Waals surface area (Å²) in [7, 11) is -3.05. The molecule has 0 aliphatic carbocycles. The van der Waals surface area contributed by atoms with Crippen LogP contribution in [0, 0.1) is 5.92 Å². The highest BCUT2D eigenvalue weighted by Crippen LogP contribution is 2.26. The van der Waals surface area contributed by atoms with Gasteiger partial charge in [-0.25, -0.2) is 8.42 Å². The number of nitrogens with two attached hydrogens (primary N) is 1. The Morgan fingerprint density at radius 1 is 1.41 bits per heavy atom. The lowest BCUT2D eigenvalue weighted by Gasteiger charge is -2.07. The number of rotatable bonds is 2. The quantitative estimate of drug-likeness (QED) is 0.655. The molecule has 1 aliphatic heterocycles. The van der Waals surface area contributed by atoms with Gasteiger partial charge in [0.25, 0.3) is 0 Å². The molecule has 2 rings (SSSR count). The van der Waals surface area contributed by atoms with Gasteiger partial charge in [-0.1, -0.05) is 11.6 Å². The Balaban J connectivity index is 2.23. The third kappa shape index (κ3) is 2.61. The summed E-state index contributed by atoms with van der Waals surface area (Å²) in [5.41, 5.74) is 6.37. The zero-order chi connectivity index (χ0) is 12.6. The maximum atomic E-state index is 12.0. The molecule has 1 saturated heterocycles. The molecule has 1 atom stereocenters.